The minimum absolute atomic E-state index is 0.0637. The zero-order chi connectivity index (χ0) is 19.3. The van der Waals surface area contributed by atoms with Crippen LogP contribution in [0, 0.1) is 0 Å². The highest BCUT2D eigenvalue weighted by Gasteiger charge is 2.43. The molecule has 2 aromatic carbocycles. The molecule has 2 aliphatic heterocycles. The minimum atomic E-state index is -0.773. The molecule has 8 nitrogen and oxygen atoms in total. The number of ether oxygens (including phenoxy) is 1. The fourth-order valence-corrected chi connectivity index (χ4v) is 4.09. The number of rotatable bonds is 1. The van der Waals surface area contributed by atoms with Gasteiger partial charge in [-0.3, -0.25) is 9.59 Å². The van der Waals surface area contributed by atoms with Gasteiger partial charge in [-0.2, -0.15) is 15.4 Å². The van der Waals surface area contributed by atoms with Crippen molar-refractivity contribution in [3.63, 3.8) is 0 Å². The topological polar surface area (TPSA) is 100 Å². The summed E-state index contributed by atoms with van der Waals surface area (Å²) in [5.74, 6) is 0.355. The van der Waals surface area contributed by atoms with E-state index < -0.39 is 5.72 Å². The Morgan fingerprint density at radius 3 is 2.71 bits per heavy atom. The van der Waals surface area contributed by atoms with E-state index in [4.69, 9.17) is 4.74 Å². The number of aromatic nitrogens is 3. The van der Waals surface area contributed by atoms with Crippen molar-refractivity contribution in [1.82, 2.24) is 25.6 Å². The van der Waals surface area contributed by atoms with E-state index in [0.29, 0.717) is 48.3 Å². The van der Waals surface area contributed by atoms with Crippen LogP contribution >= 0.6 is 15.9 Å². The Balaban J connectivity index is 1.32. The quantitative estimate of drug-likeness (QED) is 0.603. The van der Waals surface area contributed by atoms with E-state index in [1.807, 2.05) is 6.07 Å². The predicted octanol–water partition coefficient (Wildman–Crippen LogP) is 2.48. The third-order valence-corrected chi connectivity index (χ3v) is 5.75. The summed E-state index contributed by atoms with van der Waals surface area (Å²) in [5, 5.41) is 13.6. The van der Waals surface area contributed by atoms with Crippen molar-refractivity contribution in [3.05, 3.63) is 52.0 Å². The third-order valence-electron chi connectivity index (χ3n) is 5.25. The fraction of sp³-hybridized carbons (Fsp3) is 0.263. The van der Waals surface area contributed by atoms with E-state index in [1.165, 1.54) is 0 Å². The molecule has 2 N–H and O–H groups in total. The van der Waals surface area contributed by atoms with Crippen LogP contribution in [-0.4, -0.2) is 50.9 Å². The molecule has 0 bridgehead atoms. The molecule has 1 aromatic heterocycles. The number of halogens is 1. The molecule has 9 heteroatoms. The lowest BCUT2D eigenvalue weighted by Crippen LogP contribution is -2.61. The van der Waals surface area contributed by atoms with E-state index in [1.54, 1.807) is 35.2 Å². The lowest BCUT2D eigenvalue weighted by Gasteiger charge is -2.44. The van der Waals surface area contributed by atoms with Gasteiger partial charge in [0, 0.05) is 36.0 Å². The predicted molar refractivity (Wildman–Crippen MR) is 104 cm³/mol. The third kappa shape index (κ3) is 2.82. The summed E-state index contributed by atoms with van der Waals surface area (Å²) in [6.45, 7) is 0.976. The van der Waals surface area contributed by atoms with E-state index in [9.17, 15) is 9.59 Å². The van der Waals surface area contributed by atoms with Crippen LogP contribution in [0.1, 0.15) is 33.6 Å². The minimum Gasteiger partial charge on any atom is -0.467 e. The Kier molecular flexibility index (Phi) is 3.87. The van der Waals surface area contributed by atoms with Crippen molar-refractivity contribution in [3.8, 4) is 5.75 Å². The molecule has 1 fully saturated rings. The van der Waals surface area contributed by atoms with Crippen LogP contribution in [0.25, 0.3) is 11.0 Å². The molecule has 2 aliphatic rings. The van der Waals surface area contributed by atoms with Crippen LogP contribution in [0.4, 0.5) is 0 Å². The number of nitrogens with one attached hydrogen (secondary N) is 2. The van der Waals surface area contributed by atoms with Gasteiger partial charge in [0.1, 0.15) is 16.8 Å². The molecule has 5 rings (SSSR count). The van der Waals surface area contributed by atoms with Gasteiger partial charge in [0.15, 0.2) is 5.72 Å². The molecule has 0 aliphatic carbocycles. The Hall–Kier alpha value is -2.94. The SMILES string of the molecule is O=C1NC2(CCN(C(=O)c3ccc4n[nH]nc4c3)CC2)Oc2ccc(Br)cc21. The monoisotopic (exact) mass is 441 g/mol. The first-order valence-electron chi connectivity index (χ1n) is 8.94. The average Bonchev–Trinajstić information content (AvgIpc) is 3.17. The van der Waals surface area contributed by atoms with Crippen LogP contribution in [-0.2, 0) is 0 Å². The highest BCUT2D eigenvalue weighted by atomic mass is 79.9. The molecule has 0 atom stereocenters. The number of hydrogen-bond donors (Lipinski definition) is 2. The van der Waals surface area contributed by atoms with Gasteiger partial charge in [0.25, 0.3) is 11.8 Å². The maximum atomic E-state index is 12.9. The second kappa shape index (κ2) is 6.30. The van der Waals surface area contributed by atoms with Crippen LogP contribution in [0.5, 0.6) is 5.75 Å². The fourth-order valence-electron chi connectivity index (χ4n) is 3.73. The van der Waals surface area contributed by atoms with Gasteiger partial charge in [-0.15, -0.1) is 0 Å². The van der Waals surface area contributed by atoms with Crippen molar-refractivity contribution in [2.75, 3.05) is 13.1 Å². The van der Waals surface area contributed by atoms with E-state index >= 15 is 0 Å². The number of amides is 2. The molecular formula is C19H16BrN5O3. The largest absolute Gasteiger partial charge is 0.467 e. The molecular weight excluding hydrogens is 426 g/mol. The molecule has 142 valence electrons. The molecule has 0 saturated carbocycles. The number of likely N-dealkylation sites (tertiary alicyclic amines) is 1. The number of H-pyrrole nitrogens is 1. The molecule has 0 radical (unpaired) electrons. The number of benzene rings is 2. The maximum absolute atomic E-state index is 12.9. The molecule has 3 aromatic rings. The zero-order valence-corrected chi connectivity index (χ0v) is 16.3. The summed E-state index contributed by atoms with van der Waals surface area (Å²) in [5.41, 5.74) is 1.69. The summed E-state index contributed by atoms with van der Waals surface area (Å²) in [6.07, 6.45) is 1.04. The highest BCUT2D eigenvalue weighted by molar-refractivity contribution is 9.10. The van der Waals surface area contributed by atoms with Gasteiger partial charge in [-0.25, -0.2) is 0 Å². The van der Waals surface area contributed by atoms with Crippen molar-refractivity contribution in [2.24, 2.45) is 0 Å². The zero-order valence-electron chi connectivity index (χ0n) is 14.7. The smallest absolute Gasteiger partial charge is 0.258 e. The van der Waals surface area contributed by atoms with Gasteiger partial charge >= 0.3 is 0 Å². The first-order valence-corrected chi connectivity index (χ1v) is 9.73. The maximum Gasteiger partial charge on any atom is 0.258 e. The van der Waals surface area contributed by atoms with Crippen LogP contribution in [0.2, 0.25) is 0 Å². The van der Waals surface area contributed by atoms with Gasteiger partial charge in [0.2, 0.25) is 0 Å². The van der Waals surface area contributed by atoms with Gasteiger partial charge < -0.3 is 15.0 Å². The lowest BCUT2D eigenvalue weighted by molar-refractivity contribution is -0.0245. The standard InChI is InChI=1S/C19H16BrN5O3/c20-12-2-4-16-13(10-12)17(26)21-19(28-16)5-7-25(8-6-19)18(27)11-1-3-14-15(9-11)23-24-22-14/h1-4,9-10H,5-8H2,(H,21,26)(H,22,23,24). The molecule has 3 heterocycles. The van der Waals surface area contributed by atoms with Crippen molar-refractivity contribution in [1.29, 1.82) is 0 Å². The van der Waals surface area contributed by atoms with Crippen LogP contribution in [0.3, 0.4) is 0 Å². The van der Waals surface area contributed by atoms with Crippen LogP contribution in [0.15, 0.2) is 40.9 Å². The second-order valence-electron chi connectivity index (χ2n) is 7.01. The van der Waals surface area contributed by atoms with Crippen molar-refractivity contribution in [2.45, 2.75) is 18.6 Å². The highest BCUT2D eigenvalue weighted by Crippen LogP contribution is 2.35. The number of carbonyl (C=O) groups is 2. The Morgan fingerprint density at radius 2 is 1.89 bits per heavy atom. The molecule has 1 saturated heterocycles. The number of fused-ring (bicyclic) bond motifs is 2. The van der Waals surface area contributed by atoms with E-state index in [-0.39, 0.29) is 11.8 Å². The molecule has 28 heavy (non-hydrogen) atoms. The molecule has 2 amide bonds. The van der Waals surface area contributed by atoms with Crippen LogP contribution < -0.4 is 10.1 Å². The van der Waals surface area contributed by atoms with Gasteiger partial charge in [0.05, 0.1) is 5.56 Å². The van der Waals surface area contributed by atoms with E-state index in [2.05, 4.69) is 36.7 Å². The first kappa shape index (κ1) is 17.2. The van der Waals surface area contributed by atoms with Crippen molar-refractivity contribution < 1.29 is 14.3 Å². The number of piperidine rings is 1. The van der Waals surface area contributed by atoms with Crippen molar-refractivity contribution >= 4 is 38.8 Å². The molecule has 1 spiro atoms. The average molecular weight is 442 g/mol. The molecule has 0 unspecified atom stereocenters. The Morgan fingerprint density at radius 1 is 1.11 bits per heavy atom. The summed E-state index contributed by atoms with van der Waals surface area (Å²) >= 11 is 3.37. The van der Waals surface area contributed by atoms with E-state index in [0.717, 1.165) is 9.99 Å². The number of aromatic amines is 1. The lowest BCUT2D eigenvalue weighted by atomic mass is 9.96. The summed E-state index contributed by atoms with van der Waals surface area (Å²) < 4.78 is 6.98. The number of nitrogens with zero attached hydrogens (tertiary/aromatic N) is 3. The Bertz CT molecular complexity index is 1100. The summed E-state index contributed by atoms with van der Waals surface area (Å²) in [4.78, 5) is 27.2. The summed E-state index contributed by atoms with van der Waals surface area (Å²) in [6, 6.07) is 10.7. The first-order chi connectivity index (χ1) is 13.5. The second-order valence-corrected chi connectivity index (χ2v) is 7.93. The number of hydrogen-bond acceptors (Lipinski definition) is 5. The Labute approximate surface area is 168 Å². The summed E-state index contributed by atoms with van der Waals surface area (Å²) in [7, 11) is 0. The normalized spacial score (nSPS) is 17.9. The number of carbonyl (C=O) groups excluding carboxylic acids is 2. The van der Waals surface area contributed by atoms with Gasteiger partial charge in [-0.1, -0.05) is 15.9 Å². The van der Waals surface area contributed by atoms with Gasteiger partial charge in [-0.05, 0) is 36.4 Å².